The number of urea groups is 1. The van der Waals surface area contributed by atoms with Crippen LogP contribution in [0.15, 0.2) is 24.4 Å². The van der Waals surface area contributed by atoms with E-state index in [0.717, 1.165) is 17.2 Å². The predicted molar refractivity (Wildman–Crippen MR) is 84.3 cm³/mol. The maximum atomic E-state index is 13.7. The van der Waals surface area contributed by atoms with E-state index in [1.54, 1.807) is 0 Å². The molecule has 0 saturated heterocycles. The number of amides is 3. The number of nitrogens with zero attached hydrogens (tertiary/aromatic N) is 3. The van der Waals surface area contributed by atoms with Gasteiger partial charge in [0.2, 0.25) is 11.9 Å². The molecule has 2 aromatic rings. The lowest BCUT2D eigenvalue weighted by Gasteiger charge is -2.28. The third-order valence-electron chi connectivity index (χ3n) is 3.77. The first-order valence-electron chi connectivity index (χ1n) is 7.65. The fraction of sp³-hybridized carbons (Fsp3) is 0.250. The van der Waals surface area contributed by atoms with Crippen molar-refractivity contribution in [2.45, 2.75) is 19.5 Å². The number of hydrogen-bond acceptors (Lipinski definition) is 4. The van der Waals surface area contributed by atoms with E-state index in [2.05, 4.69) is 20.6 Å². The second-order valence-corrected chi connectivity index (χ2v) is 5.72. The Labute approximate surface area is 146 Å². The van der Waals surface area contributed by atoms with Crippen LogP contribution < -0.4 is 10.6 Å². The Kier molecular flexibility index (Phi) is 4.74. The minimum absolute atomic E-state index is 0.0517. The van der Waals surface area contributed by atoms with Crippen LogP contribution in [-0.2, 0) is 11.3 Å². The van der Waals surface area contributed by atoms with Crippen LogP contribution in [-0.4, -0.2) is 33.4 Å². The first kappa shape index (κ1) is 17.6. The number of anilines is 1. The van der Waals surface area contributed by atoms with Crippen molar-refractivity contribution in [3.05, 3.63) is 53.4 Å². The molecule has 1 aliphatic heterocycles. The van der Waals surface area contributed by atoms with E-state index in [1.165, 1.54) is 13.0 Å². The highest BCUT2D eigenvalue weighted by Gasteiger charge is 2.26. The van der Waals surface area contributed by atoms with Crippen LogP contribution in [0.3, 0.4) is 0 Å². The number of aromatic nitrogens is 2. The molecule has 0 bridgehead atoms. The van der Waals surface area contributed by atoms with Crippen molar-refractivity contribution in [2.75, 3.05) is 11.9 Å². The van der Waals surface area contributed by atoms with Gasteiger partial charge in [0.05, 0.1) is 35.9 Å². The number of carbonyl (C=O) groups excluding carboxylic acids is 2. The van der Waals surface area contributed by atoms with Crippen molar-refractivity contribution in [2.24, 2.45) is 0 Å². The summed E-state index contributed by atoms with van der Waals surface area (Å²) in [6, 6.07) is 1.80. The molecule has 3 heterocycles. The zero-order chi connectivity index (χ0) is 18.8. The molecule has 1 atom stereocenters. The van der Waals surface area contributed by atoms with E-state index in [1.807, 2.05) is 0 Å². The third-order valence-corrected chi connectivity index (χ3v) is 3.77. The van der Waals surface area contributed by atoms with Crippen LogP contribution in [0.1, 0.15) is 24.4 Å². The van der Waals surface area contributed by atoms with Gasteiger partial charge in [-0.1, -0.05) is 0 Å². The summed E-state index contributed by atoms with van der Waals surface area (Å²) in [6.07, 6.45) is 0.844. The average Bonchev–Trinajstić information content (AvgIpc) is 2.55. The molecule has 26 heavy (non-hydrogen) atoms. The Balaban J connectivity index is 1.65. The first-order valence-corrected chi connectivity index (χ1v) is 7.65. The van der Waals surface area contributed by atoms with Crippen molar-refractivity contribution in [1.82, 2.24) is 20.2 Å². The molecule has 10 heteroatoms. The number of rotatable bonds is 4. The van der Waals surface area contributed by atoms with E-state index >= 15 is 0 Å². The number of hydrogen-bond donors (Lipinski definition) is 2. The van der Waals surface area contributed by atoms with Gasteiger partial charge < -0.3 is 15.5 Å². The van der Waals surface area contributed by atoms with E-state index in [0.29, 0.717) is 11.8 Å². The second kappa shape index (κ2) is 6.98. The molecule has 3 amide bonds. The monoisotopic (exact) mass is 365 g/mol. The largest absolute Gasteiger partial charge is 0.346 e. The summed E-state index contributed by atoms with van der Waals surface area (Å²) in [6.45, 7) is 1.07. The molecule has 136 valence electrons. The van der Waals surface area contributed by atoms with Crippen LogP contribution in [0.2, 0.25) is 0 Å². The standard InChI is InChI=1S/C16H14F3N5O2/c1-8(15-10(18)4-9(17)5-20-15)21-14(25)7-24-6-12-11(23-16(24)26)2-3-13(19)22-12/h2-5,8H,6-7H2,1H3,(H,21,25)(H,23,26). The van der Waals surface area contributed by atoms with Crippen LogP contribution in [0.5, 0.6) is 0 Å². The van der Waals surface area contributed by atoms with Gasteiger partial charge in [0, 0.05) is 6.07 Å². The number of fused-ring (bicyclic) bond motifs is 1. The zero-order valence-corrected chi connectivity index (χ0v) is 13.6. The number of nitrogens with one attached hydrogen (secondary N) is 2. The Morgan fingerprint density at radius 2 is 2.15 bits per heavy atom. The highest BCUT2D eigenvalue weighted by molar-refractivity contribution is 5.94. The molecular weight excluding hydrogens is 351 g/mol. The molecule has 7 nitrogen and oxygen atoms in total. The fourth-order valence-electron chi connectivity index (χ4n) is 2.56. The van der Waals surface area contributed by atoms with Crippen LogP contribution >= 0.6 is 0 Å². The third kappa shape index (κ3) is 3.73. The van der Waals surface area contributed by atoms with Crippen molar-refractivity contribution >= 4 is 17.6 Å². The molecule has 0 fully saturated rings. The summed E-state index contributed by atoms with van der Waals surface area (Å²) in [4.78, 5) is 32.6. The maximum Gasteiger partial charge on any atom is 0.322 e. The Morgan fingerprint density at radius 1 is 1.38 bits per heavy atom. The fourth-order valence-corrected chi connectivity index (χ4v) is 2.56. The average molecular weight is 365 g/mol. The van der Waals surface area contributed by atoms with Gasteiger partial charge in [0.1, 0.15) is 18.2 Å². The molecule has 0 radical (unpaired) electrons. The number of carbonyl (C=O) groups is 2. The molecule has 0 spiro atoms. The molecule has 2 N–H and O–H groups in total. The van der Waals surface area contributed by atoms with Crippen LogP contribution in [0.4, 0.5) is 23.7 Å². The summed E-state index contributed by atoms with van der Waals surface area (Å²) in [7, 11) is 0. The topological polar surface area (TPSA) is 87.2 Å². The second-order valence-electron chi connectivity index (χ2n) is 5.72. The number of pyridine rings is 2. The smallest absolute Gasteiger partial charge is 0.322 e. The van der Waals surface area contributed by atoms with Crippen LogP contribution in [0.25, 0.3) is 0 Å². The first-order chi connectivity index (χ1) is 12.3. The van der Waals surface area contributed by atoms with E-state index in [4.69, 9.17) is 0 Å². The van der Waals surface area contributed by atoms with E-state index < -0.39 is 35.6 Å². The molecule has 1 unspecified atom stereocenters. The lowest BCUT2D eigenvalue weighted by Crippen LogP contribution is -2.45. The van der Waals surface area contributed by atoms with Gasteiger partial charge in [0.25, 0.3) is 0 Å². The Morgan fingerprint density at radius 3 is 2.88 bits per heavy atom. The van der Waals surface area contributed by atoms with Crippen molar-refractivity contribution in [3.8, 4) is 0 Å². The molecule has 0 aromatic carbocycles. The normalized spacial score (nSPS) is 14.5. The SMILES string of the molecule is CC(NC(=O)CN1Cc2nc(F)ccc2NC1=O)c1ncc(F)cc1F. The van der Waals surface area contributed by atoms with E-state index in [-0.39, 0.29) is 24.5 Å². The molecule has 0 aliphatic carbocycles. The number of halogens is 3. The lowest BCUT2D eigenvalue weighted by molar-refractivity contribution is -0.122. The van der Waals surface area contributed by atoms with E-state index in [9.17, 15) is 22.8 Å². The highest BCUT2D eigenvalue weighted by Crippen LogP contribution is 2.21. The molecule has 3 rings (SSSR count). The van der Waals surface area contributed by atoms with Gasteiger partial charge in [0.15, 0.2) is 0 Å². The molecular formula is C16H14F3N5O2. The van der Waals surface area contributed by atoms with Gasteiger partial charge in [-0.25, -0.2) is 18.6 Å². The summed E-state index contributed by atoms with van der Waals surface area (Å²) in [5, 5.41) is 4.99. The van der Waals surface area contributed by atoms with Gasteiger partial charge in [-0.05, 0) is 19.1 Å². The van der Waals surface area contributed by atoms with Crippen molar-refractivity contribution < 1.29 is 22.8 Å². The van der Waals surface area contributed by atoms with Crippen molar-refractivity contribution in [1.29, 1.82) is 0 Å². The Bertz CT molecular complexity index is 877. The van der Waals surface area contributed by atoms with Crippen LogP contribution in [0, 0.1) is 17.6 Å². The predicted octanol–water partition coefficient (Wildman–Crippen LogP) is 2.12. The van der Waals surface area contributed by atoms with Gasteiger partial charge >= 0.3 is 6.03 Å². The van der Waals surface area contributed by atoms with Gasteiger partial charge in [-0.2, -0.15) is 4.39 Å². The lowest BCUT2D eigenvalue weighted by atomic mass is 10.2. The Hall–Kier alpha value is -3.17. The summed E-state index contributed by atoms with van der Waals surface area (Å²) in [5.74, 6) is -3.00. The van der Waals surface area contributed by atoms with Gasteiger partial charge in [-0.15, -0.1) is 0 Å². The minimum Gasteiger partial charge on any atom is -0.346 e. The highest BCUT2D eigenvalue weighted by atomic mass is 19.1. The zero-order valence-electron chi connectivity index (χ0n) is 13.6. The molecule has 1 aliphatic rings. The molecule has 0 saturated carbocycles. The summed E-state index contributed by atoms with van der Waals surface area (Å²) in [5.41, 5.74) is 0.535. The maximum absolute atomic E-state index is 13.7. The van der Waals surface area contributed by atoms with Crippen molar-refractivity contribution in [3.63, 3.8) is 0 Å². The summed E-state index contributed by atoms with van der Waals surface area (Å²) < 4.78 is 39.8. The minimum atomic E-state index is -0.887. The quantitative estimate of drug-likeness (QED) is 0.813. The molecule has 2 aromatic heterocycles. The summed E-state index contributed by atoms with van der Waals surface area (Å²) >= 11 is 0. The van der Waals surface area contributed by atoms with Gasteiger partial charge in [-0.3, -0.25) is 9.78 Å².